The molecule has 0 amide bonds. The van der Waals surface area contributed by atoms with Gasteiger partial charge in [0.15, 0.2) is 0 Å². The van der Waals surface area contributed by atoms with Gasteiger partial charge in [0.25, 0.3) is 0 Å². The molecule has 1 aromatic heterocycles. The van der Waals surface area contributed by atoms with Crippen LogP contribution in [0.3, 0.4) is 0 Å². The largest absolute Gasteiger partial charge is 0.309 e. The lowest BCUT2D eigenvalue weighted by Crippen LogP contribution is -2.56. The monoisotopic (exact) mass is 207 g/mol. The molecule has 1 heterocycles. The summed E-state index contributed by atoms with van der Waals surface area (Å²) in [5.74, 6) is 0. The summed E-state index contributed by atoms with van der Waals surface area (Å²) >= 11 is 1.80. The zero-order chi connectivity index (χ0) is 9.43. The van der Waals surface area contributed by atoms with Crippen molar-refractivity contribution < 1.29 is 0 Å². The van der Waals surface area contributed by atoms with Gasteiger partial charge >= 0.3 is 0 Å². The maximum Gasteiger partial charge on any atom is 0.0216 e. The van der Waals surface area contributed by atoms with E-state index in [1.54, 1.807) is 11.3 Å². The van der Waals surface area contributed by atoms with Crippen LogP contribution in [0.1, 0.15) is 37.7 Å². The highest BCUT2D eigenvalue weighted by Crippen LogP contribution is 2.55. The van der Waals surface area contributed by atoms with E-state index in [1.165, 1.54) is 37.7 Å². The summed E-state index contributed by atoms with van der Waals surface area (Å²) in [4.78, 5) is 0. The first-order valence-electron chi connectivity index (χ1n) is 5.64. The van der Waals surface area contributed by atoms with E-state index in [-0.39, 0.29) is 0 Å². The van der Waals surface area contributed by atoms with Crippen molar-refractivity contribution in [3.8, 4) is 0 Å². The van der Waals surface area contributed by atoms with Crippen LogP contribution in [0.15, 0.2) is 16.8 Å². The number of hydrogen-bond donors (Lipinski definition) is 1. The van der Waals surface area contributed by atoms with Gasteiger partial charge < -0.3 is 5.32 Å². The second-order valence-corrected chi connectivity index (χ2v) is 5.60. The van der Waals surface area contributed by atoms with E-state index in [2.05, 4.69) is 22.1 Å². The summed E-state index contributed by atoms with van der Waals surface area (Å²) in [6, 6.07) is 3.06. The Kier molecular flexibility index (Phi) is 2.14. The second-order valence-electron chi connectivity index (χ2n) is 4.82. The Labute approximate surface area is 89.5 Å². The van der Waals surface area contributed by atoms with Gasteiger partial charge in [-0.3, -0.25) is 0 Å². The normalized spacial score (nSPS) is 28.4. The minimum atomic E-state index is 0.746. The fraction of sp³-hybridized carbons (Fsp3) is 0.667. The summed E-state index contributed by atoms with van der Waals surface area (Å²) in [7, 11) is 0. The molecule has 1 spiro atoms. The van der Waals surface area contributed by atoms with Crippen LogP contribution in [0.5, 0.6) is 0 Å². The lowest BCUT2D eigenvalue weighted by Gasteiger charge is -2.56. The predicted octanol–water partition coefficient (Wildman–Crippen LogP) is 3.17. The van der Waals surface area contributed by atoms with Gasteiger partial charge in [-0.05, 0) is 53.5 Å². The molecule has 2 fully saturated rings. The van der Waals surface area contributed by atoms with Crippen molar-refractivity contribution in [2.75, 3.05) is 0 Å². The van der Waals surface area contributed by atoms with E-state index in [4.69, 9.17) is 0 Å². The van der Waals surface area contributed by atoms with Crippen molar-refractivity contribution in [3.05, 3.63) is 22.4 Å². The van der Waals surface area contributed by atoms with Crippen LogP contribution in [-0.4, -0.2) is 6.04 Å². The highest BCUT2D eigenvalue weighted by Gasteiger charge is 2.50. The topological polar surface area (TPSA) is 12.0 Å². The van der Waals surface area contributed by atoms with Crippen LogP contribution in [0.25, 0.3) is 0 Å². The molecule has 14 heavy (non-hydrogen) atoms. The van der Waals surface area contributed by atoms with E-state index in [9.17, 15) is 0 Å². The fourth-order valence-electron chi connectivity index (χ4n) is 2.88. The molecule has 0 radical (unpaired) electrons. The Bertz CT molecular complexity index is 295. The molecule has 0 aliphatic heterocycles. The third kappa shape index (κ3) is 1.32. The van der Waals surface area contributed by atoms with Crippen LogP contribution >= 0.6 is 11.3 Å². The average Bonchev–Trinajstić information content (AvgIpc) is 2.52. The molecule has 2 saturated carbocycles. The summed E-state index contributed by atoms with van der Waals surface area (Å²) in [6.45, 7) is 1.08. The van der Waals surface area contributed by atoms with Crippen molar-refractivity contribution >= 4 is 11.3 Å². The summed E-state index contributed by atoms with van der Waals surface area (Å²) in [6.07, 6.45) is 7.32. The van der Waals surface area contributed by atoms with E-state index in [0.717, 1.165) is 18.0 Å². The molecule has 1 unspecified atom stereocenters. The Balaban J connectivity index is 1.54. The zero-order valence-electron chi connectivity index (χ0n) is 8.46. The molecule has 1 N–H and O–H groups in total. The summed E-state index contributed by atoms with van der Waals surface area (Å²) in [5.41, 5.74) is 2.20. The standard InChI is InChI=1S/C12H17NS/c1-4-12(5-1)6-2-11(12)13-8-10-3-7-14-9-10/h3,7,9,11,13H,1-2,4-6,8H2. The quantitative estimate of drug-likeness (QED) is 0.802. The predicted molar refractivity (Wildman–Crippen MR) is 60.5 cm³/mol. The molecule has 3 rings (SSSR count). The number of thiophene rings is 1. The Hall–Kier alpha value is -0.340. The van der Waals surface area contributed by atoms with E-state index >= 15 is 0 Å². The van der Waals surface area contributed by atoms with Gasteiger partial charge in [0.2, 0.25) is 0 Å². The van der Waals surface area contributed by atoms with Gasteiger partial charge in [0, 0.05) is 12.6 Å². The molecule has 0 bridgehead atoms. The van der Waals surface area contributed by atoms with Crippen LogP contribution in [0, 0.1) is 5.41 Å². The van der Waals surface area contributed by atoms with Gasteiger partial charge in [-0.1, -0.05) is 6.42 Å². The third-order valence-corrected chi connectivity index (χ3v) is 4.88. The van der Waals surface area contributed by atoms with Crippen molar-refractivity contribution in [2.24, 2.45) is 5.41 Å². The average molecular weight is 207 g/mol. The zero-order valence-corrected chi connectivity index (χ0v) is 9.28. The SMILES string of the molecule is c1cc(CNC2CCC23CCC3)cs1. The first-order valence-corrected chi connectivity index (χ1v) is 6.58. The van der Waals surface area contributed by atoms with Crippen LogP contribution in [-0.2, 0) is 6.54 Å². The number of rotatable bonds is 3. The van der Waals surface area contributed by atoms with Gasteiger partial charge in [-0.2, -0.15) is 11.3 Å². The van der Waals surface area contributed by atoms with E-state index in [1.807, 2.05) is 0 Å². The van der Waals surface area contributed by atoms with Gasteiger partial charge in [0.1, 0.15) is 0 Å². The molecule has 1 atom stereocenters. The van der Waals surface area contributed by atoms with Crippen LogP contribution in [0.2, 0.25) is 0 Å². The van der Waals surface area contributed by atoms with Gasteiger partial charge in [0.05, 0.1) is 0 Å². The Morgan fingerprint density at radius 2 is 2.36 bits per heavy atom. The van der Waals surface area contributed by atoms with Crippen molar-refractivity contribution in [1.29, 1.82) is 0 Å². The lowest BCUT2D eigenvalue weighted by atomic mass is 9.53. The molecule has 1 nitrogen and oxygen atoms in total. The van der Waals surface area contributed by atoms with E-state index in [0.29, 0.717) is 0 Å². The molecule has 2 aliphatic carbocycles. The Morgan fingerprint density at radius 3 is 2.86 bits per heavy atom. The first kappa shape index (κ1) is 8.93. The van der Waals surface area contributed by atoms with Crippen molar-refractivity contribution in [2.45, 2.75) is 44.7 Å². The maximum atomic E-state index is 3.72. The molecular weight excluding hydrogens is 190 g/mol. The molecule has 1 aromatic rings. The fourth-order valence-corrected chi connectivity index (χ4v) is 3.55. The highest BCUT2D eigenvalue weighted by atomic mass is 32.1. The molecule has 2 heteroatoms. The molecule has 2 aliphatic rings. The van der Waals surface area contributed by atoms with Crippen LogP contribution < -0.4 is 5.32 Å². The molecule has 0 aromatic carbocycles. The second kappa shape index (κ2) is 3.35. The Morgan fingerprint density at radius 1 is 1.43 bits per heavy atom. The maximum absolute atomic E-state index is 3.72. The van der Waals surface area contributed by atoms with Gasteiger partial charge in [-0.25, -0.2) is 0 Å². The first-order chi connectivity index (χ1) is 6.89. The highest BCUT2D eigenvalue weighted by molar-refractivity contribution is 7.07. The smallest absolute Gasteiger partial charge is 0.0216 e. The lowest BCUT2D eigenvalue weighted by molar-refractivity contribution is -0.0181. The molecular formula is C12H17NS. The minimum absolute atomic E-state index is 0.746. The van der Waals surface area contributed by atoms with E-state index < -0.39 is 0 Å². The number of nitrogens with one attached hydrogen (secondary N) is 1. The summed E-state index contributed by atoms with van der Waals surface area (Å²) in [5, 5.41) is 8.13. The van der Waals surface area contributed by atoms with Crippen molar-refractivity contribution in [3.63, 3.8) is 0 Å². The molecule has 0 saturated heterocycles. The third-order valence-electron chi connectivity index (χ3n) is 4.15. The number of hydrogen-bond acceptors (Lipinski definition) is 2. The summed E-state index contributed by atoms with van der Waals surface area (Å²) < 4.78 is 0. The minimum Gasteiger partial charge on any atom is -0.309 e. The van der Waals surface area contributed by atoms with Crippen LogP contribution in [0.4, 0.5) is 0 Å². The van der Waals surface area contributed by atoms with Gasteiger partial charge in [-0.15, -0.1) is 0 Å². The van der Waals surface area contributed by atoms with Crippen molar-refractivity contribution in [1.82, 2.24) is 5.32 Å². The molecule has 76 valence electrons.